The molecule has 2 aliphatic rings. The molecule has 2 saturated heterocycles. The molecule has 1 aromatic carbocycles. The van der Waals surface area contributed by atoms with E-state index in [0.717, 1.165) is 25.2 Å². The molecule has 2 fully saturated rings. The van der Waals surface area contributed by atoms with Crippen molar-refractivity contribution in [2.75, 3.05) is 33.4 Å². The maximum absolute atomic E-state index is 12.7. The summed E-state index contributed by atoms with van der Waals surface area (Å²) in [4.78, 5) is 18.6. The molecule has 27 heavy (non-hydrogen) atoms. The van der Waals surface area contributed by atoms with Crippen LogP contribution in [-0.2, 0) is 4.74 Å². The molecule has 0 saturated carbocycles. The second-order valence-electron chi connectivity index (χ2n) is 7.12. The van der Waals surface area contributed by atoms with Crippen LogP contribution in [0.2, 0.25) is 0 Å². The molecule has 6 nitrogen and oxygen atoms in total. The van der Waals surface area contributed by atoms with Crippen molar-refractivity contribution in [2.24, 2.45) is 5.92 Å². The lowest BCUT2D eigenvalue weighted by molar-refractivity contribution is -0.119. The molecular formula is C21H24N2O4. The van der Waals surface area contributed by atoms with Crippen molar-refractivity contribution in [3.63, 3.8) is 0 Å². The number of nitrogens with zero attached hydrogens (tertiary/aromatic N) is 2. The molecule has 1 atom stereocenters. The number of amides is 1. The number of carbonyl (C=O) groups excluding carboxylic acids is 1. The fraction of sp³-hybridized carbons (Fsp3) is 0.429. The lowest BCUT2D eigenvalue weighted by Gasteiger charge is -2.50. The fourth-order valence-electron chi connectivity index (χ4n) is 3.98. The van der Waals surface area contributed by atoms with E-state index in [-0.39, 0.29) is 11.5 Å². The first-order valence-electron chi connectivity index (χ1n) is 9.30. The van der Waals surface area contributed by atoms with E-state index in [4.69, 9.17) is 14.2 Å². The van der Waals surface area contributed by atoms with E-state index in [1.807, 2.05) is 35.2 Å². The van der Waals surface area contributed by atoms with Crippen LogP contribution in [0.4, 0.5) is 0 Å². The van der Waals surface area contributed by atoms with E-state index >= 15 is 0 Å². The molecular weight excluding hydrogens is 344 g/mol. The fourth-order valence-corrected chi connectivity index (χ4v) is 3.98. The van der Waals surface area contributed by atoms with Gasteiger partial charge in [0.05, 0.1) is 33.0 Å². The largest absolute Gasteiger partial charge is 0.497 e. The third-order valence-electron chi connectivity index (χ3n) is 5.49. The number of ether oxygens (including phenoxy) is 3. The first kappa shape index (κ1) is 17.8. The zero-order valence-electron chi connectivity index (χ0n) is 15.5. The van der Waals surface area contributed by atoms with Gasteiger partial charge in [-0.25, -0.2) is 0 Å². The minimum absolute atomic E-state index is 0.0281. The Kier molecular flexibility index (Phi) is 4.99. The van der Waals surface area contributed by atoms with Crippen molar-refractivity contribution in [3.8, 4) is 11.5 Å². The Labute approximate surface area is 159 Å². The van der Waals surface area contributed by atoms with E-state index in [0.29, 0.717) is 36.9 Å². The second kappa shape index (κ2) is 7.56. The molecule has 1 unspecified atom stereocenters. The van der Waals surface area contributed by atoms with Crippen molar-refractivity contribution in [3.05, 3.63) is 54.4 Å². The highest BCUT2D eigenvalue weighted by molar-refractivity contribution is 5.95. The van der Waals surface area contributed by atoms with Gasteiger partial charge >= 0.3 is 0 Å². The van der Waals surface area contributed by atoms with E-state index in [9.17, 15) is 4.79 Å². The molecule has 0 bridgehead atoms. The van der Waals surface area contributed by atoms with Crippen LogP contribution in [0.1, 0.15) is 23.2 Å². The maximum atomic E-state index is 12.7. The van der Waals surface area contributed by atoms with Crippen LogP contribution in [0.5, 0.6) is 11.5 Å². The zero-order chi connectivity index (χ0) is 18.7. The van der Waals surface area contributed by atoms with Gasteiger partial charge in [-0.1, -0.05) is 6.07 Å². The van der Waals surface area contributed by atoms with Crippen LogP contribution >= 0.6 is 0 Å². The minimum Gasteiger partial charge on any atom is -0.497 e. The summed E-state index contributed by atoms with van der Waals surface area (Å²) in [6.45, 7) is 2.66. The molecule has 1 aromatic heterocycles. The van der Waals surface area contributed by atoms with Gasteiger partial charge in [0.1, 0.15) is 17.1 Å². The lowest BCUT2D eigenvalue weighted by Crippen LogP contribution is -2.66. The van der Waals surface area contributed by atoms with Crippen LogP contribution in [0.15, 0.2) is 48.8 Å². The summed E-state index contributed by atoms with van der Waals surface area (Å²) in [6.07, 6.45) is 5.38. The maximum Gasteiger partial charge on any atom is 0.254 e. The first-order chi connectivity index (χ1) is 13.2. The van der Waals surface area contributed by atoms with Crippen molar-refractivity contribution >= 4 is 5.91 Å². The number of hydrogen-bond donors (Lipinski definition) is 0. The quantitative estimate of drug-likeness (QED) is 0.785. The van der Waals surface area contributed by atoms with Crippen LogP contribution in [-0.4, -0.2) is 54.8 Å². The SMILES string of the molecule is COc1cccc(C(=O)N2CC3(C2)OCCC3CCOc2cccnc2)c1. The summed E-state index contributed by atoms with van der Waals surface area (Å²) in [5.74, 6) is 1.91. The van der Waals surface area contributed by atoms with E-state index in [1.54, 1.807) is 25.6 Å². The Morgan fingerprint density at radius 2 is 2.15 bits per heavy atom. The highest BCUT2D eigenvalue weighted by Gasteiger charge is 2.54. The molecule has 1 spiro atoms. The number of pyridine rings is 1. The van der Waals surface area contributed by atoms with Crippen molar-refractivity contribution in [1.29, 1.82) is 0 Å². The standard InChI is InChI=1S/C21H24N2O4/c1-25-18-5-2-4-16(12-18)20(24)23-14-21(15-23)17(8-11-27-21)7-10-26-19-6-3-9-22-13-19/h2-6,9,12-13,17H,7-8,10-11,14-15H2,1H3. The third-order valence-corrected chi connectivity index (χ3v) is 5.49. The molecule has 4 rings (SSSR count). The number of methoxy groups -OCH3 is 1. The molecule has 0 radical (unpaired) electrons. The van der Waals surface area contributed by atoms with Crippen LogP contribution in [0.25, 0.3) is 0 Å². The Hall–Kier alpha value is -2.60. The molecule has 3 heterocycles. The predicted molar refractivity (Wildman–Crippen MR) is 100 cm³/mol. The van der Waals surface area contributed by atoms with Gasteiger partial charge in [0, 0.05) is 18.4 Å². The summed E-state index contributed by atoms with van der Waals surface area (Å²) >= 11 is 0. The number of hydrogen-bond acceptors (Lipinski definition) is 5. The normalized spacial score (nSPS) is 20.3. The molecule has 2 aromatic rings. The number of aromatic nitrogens is 1. The summed E-state index contributed by atoms with van der Waals surface area (Å²) in [7, 11) is 1.60. The van der Waals surface area contributed by atoms with E-state index in [1.165, 1.54) is 0 Å². The van der Waals surface area contributed by atoms with Gasteiger partial charge in [0.25, 0.3) is 5.91 Å². The molecule has 2 aliphatic heterocycles. The smallest absolute Gasteiger partial charge is 0.254 e. The monoisotopic (exact) mass is 368 g/mol. The van der Waals surface area contributed by atoms with Gasteiger partial charge in [-0.3, -0.25) is 9.78 Å². The highest BCUT2D eigenvalue weighted by Crippen LogP contribution is 2.42. The number of rotatable bonds is 6. The Morgan fingerprint density at radius 1 is 1.30 bits per heavy atom. The molecule has 1 amide bonds. The second-order valence-corrected chi connectivity index (χ2v) is 7.12. The van der Waals surface area contributed by atoms with Gasteiger partial charge in [-0.05, 0) is 49.1 Å². The zero-order valence-corrected chi connectivity index (χ0v) is 15.5. The molecule has 0 N–H and O–H groups in total. The summed E-state index contributed by atoms with van der Waals surface area (Å²) < 4.78 is 17.1. The van der Waals surface area contributed by atoms with Crippen molar-refractivity contribution in [2.45, 2.75) is 18.4 Å². The average molecular weight is 368 g/mol. The van der Waals surface area contributed by atoms with Crippen LogP contribution in [0.3, 0.4) is 0 Å². The molecule has 0 aliphatic carbocycles. The summed E-state index contributed by atoms with van der Waals surface area (Å²) in [5.41, 5.74) is 0.436. The van der Waals surface area contributed by atoms with Gasteiger partial charge in [0.2, 0.25) is 0 Å². The number of benzene rings is 1. The lowest BCUT2D eigenvalue weighted by atomic mass is 9.79. The Balaban J connectivity index is 1.32. The van der Waals surface area contributed by atoms with E-state index < -0.39 is 0 Å². The van der Waals surface area contributed by atoms with E-state index in [2.05, 4.69) is 4.98 Å². The predicted octanol–water partition coefficient (Wildman–Crippen LogP) is 2.79. The topological polar surface area (TPSA) is 60.9 Å². The van der Waals surface area contributed by atoms with Gasteiger partial charge in [-0.2, -0.15) is 0 Å². The molecule has 6 heteroatoms. The van der Waals surface area contributed by atoms with Crippen molar-refractivity contribution < 1.29 is 19.0 Å². The van der Waals surface area contributed by atoms with Crippen LogP contribution < -0.4 is 9.47 Å². The van der Waals surface area contributed by atoms with Gasteiger partial charge in [0.15, 0.2) is 0 Å². The summed E-state index contributed by atoms with van der Waals surface area (Å²) in [5, 5.41) is 0. The number of likely N-dealkylation sites (tertiary alicyclic amines) is 1. The number of carbonyl (C=O) groups is 1. The Morgan fingerprint density at radius 3 is 2.93 bits per heavy atom. The molecule has 142 valence electrons. The first-order valence-corrected chi connectivity index (χ1v) is 9.30. The van der Waals surface area contributed by atoms with Gasteiger partial charge < -0.3 is 19.1 Å². The van der Waals surface area contributed by atoms with Gasteiger partial charge in [-0.15, -0.1) is 0 Å². The van der Waals surface area contributed by atoms with Crippen LogP contribution in [0, 0.1) is 5.92 Å². The summed E-state index contributed by atoms with van der Waals surface area (Å²) in [6, 6.07) is 11.1. The highest BCUT2D eigenvalue weighted by atomic mass is 16.5. The Bertz CT molecular complexity index is 790. The average Bonchev–Trinajstić information content (AvgIpc) is 3.11. The third kappa shape index (κ3) is 3.62. The van der Waals surface area contributed by atoms with Crippen molar-refractivity contribution in [1.82, 2.24) is 9.88 Å². The minimum atomic E-state index is -0.215.